The van der Waals surface area contributed by atoms with Crippen molar-refractivity contribution in [1.29, 1.82) is 0 Å². The van der Waals surface area contributed by atoms with E-state index in [1.807, 2.05) is 13.8 Å². The van der Waals surface area contributed by atoms with E-state index in [9.17, 15) is 18.8 Å². The fourth-order valence-electron chi connectivity index (χ4n) is 4.37. The Morgan fingerprint density at radius 3 is 2.44 bits per heavy atom. The predicted octanol–water partition coefficient (Wildman–Crippen LogP) is 2.95. The summed E-state index contributed by atoms with van der Waals surface area (Å²) >= 11 is 1.17. The van der Waals surface area contributed by atoms with Gasteiger partial charge >= 0.3 is 5.69 Å². The molecule has 11 nitrogen and oxygen atoms in total. The molecule has 3 aromatic heterocycles. The number of halogens is 1. The number of nitrogens with zero attached hydrogens (tertiary/aromatic N) is 5. The van der Waals surface area contributed by atoms with Gasteiger partial charge in [-0.15, -0.1) is 4.80 Å². The molecule has 0 saturated carbocycles. The summed E-state index contributed by atoms with van der Waals surface area (Å²) in [6.07, 6.45) is 1.91. The van der Waals surface area contributed by atoms with Crippen LogP contribution in [0.15, 0.2) is 40.2 Å². The predicted molar refractivity (Wildman–Crippen MR) is 145 cm³/mol. The van der Waals surface area contributed by atoms with Gasteiger partial charge in [0.1, 0.15) is 34.0 Å². The van der Waals surface area contributed by atoms with Crippen molar-refractivity contribution in [3.8, 4) is 10.8 Å². The molecule has 0 unspecified atom stereocenters. The highest BCUT2D eigenvalue weighted by molar-refractivity contribution is 7.21. The van der Waals surface area contributed by atoms with Crippen molar-refractivity contribution < 1.29 is 18.7 Å². The number of aromatic nitrogens is 5. The molecule has 0 aliphatic heterocycles. The summed E-state index contributed by atoms with van der Waals surface area (Å²) in [5, 5.41) is 11.9. The van der Waals surface area contributed by atoms with Crippen LogP contribution in [-0.4, -0.2) is 49.3 Å². The smallest absolute Gasteiger partial charge is 0.332 e. The number of aryl methyl sites for hydroxylation is 1. The van der Waals surface area contributed by atoms with E-state index in [1.54, 1.807) is 20.8 Å². The van der Waals surface area contributed by atoms with Crippen molar-refractivity contribution in [1.82, 2.24) is 29.4 Å². The van der Waals surface area contributed by atoms with Gasteiger partial charge in [-0.2, -0.15) is 10.2 Å². The molecular formula is C26H31FN6O5S. The quantitative estimate of drug-likeness (QED) is 0.318. The van der Waals surface area contributed by atoms with Gasteiger partial charge in [0.25, 0.3) is 5.56 Å². The summed E-state index contributed by atoms with van der Waals surface area (Å²) in [5.74, 6) is -0.575. The van der Waals surface area contributed by atoms with Crippen molar-refractivity contribution >= 4 is 27.5 Å². The number of nitrogens with one attached hydrogen (secondary N) is 1. The molecule has 1 aromatic carbocycles. The Morgan fingerprint density at radius 2 is 1.82 bits per heavy atom. The summed E-state index contributed by atoms with van der Waals surface area (Å²) in [4.78, 5) is 41.9. The second kappa shape index (κ2) is 11.5. The van der Waals surface area contributed by atoms with Gasteiger partial charge < -0.3 is 14.8 Å². The Hall–Kier alpha value is -3.84. The molecule has 4 rings (SSSR count). The van der Waals surface area contributed by atoms with E-state index in [0.29, 0.717) is 26.7 Å². The van der Waals surface area contributed by atoms with Gasteiger partial charge in [0.15, 0.2) is 0 Å². The molecule has 39 heavy (non-hydrogen) atoms. The minimum absolute atomic E-state index is 0.0780. The molecule has 208 valence electrons. The Bertz CT molecular complexity index is 1610. The Kier molecular flexibility index (Phi) is 8.31. The van der Waals surface area contributed by atoms with Crippen molar-refractivity contribution in [3.05, 3.63) is 68.4 Å². The van der Waals surface area contributed by atoms with Crippen LogP contribution in [0.4, 0.5) is 4.39 Å². The zero-order chi connectivity index (χ0) is 28.4. The van der Waals surface area contributed by atoms with E-state index >= 15 is 0 Å². The van der Waals surface area contributed by atoms with Crippen molar-refractivity contribution in [3.63, 3.8) is 0 Å². The van der Waals surface area contributed by atoms with Crippen LogP contribution >= 0.6 is 11.3 Å². The third-order valence-electron chi connectivity index (χ3n) is 5.94. The normalized spacial score (nSPS) is 12.4. The number of thiophene rings is 1. The van der Waals surface area contributed by atoms with E-state index in [0.717, 1.165) is 4.57 Å². The second-order valence-corrected chi connectivity index (χ2v) is 10.6. The van der Waals surface area contributed by atoms with E-state index in [2.05, 4.69) is 15.5 Å². The first-order valence-corrected chi connectivity index (χ1v) is 13.2. The lowest BCUT2D eigenvalue weighted by Crippen LogP contribution is -2.45. The molecule has 0 aliphatic rings. The number of methoxy groups -OCH3 is 1. The largest absolute Gasteiger partial charge is 0.496 e. The second-order valence-electron chi connectivity index (χ2n) is 9.60. The van der Waals surface area contributed by atoms with Crippen molar-refractivity contribution in [2.45, 2.75) is 66.0 Å². The number of carbonyl (C=O) groups is 1. The molecule has 1 N–H and O–H groups in total. The molecule has 0 spiro atoms. The molecule has 1 amide bonds. The van der Waals surface area contributed by atoms with E-state index in [-0.39, 0.29) is 24.1 Å². The SMILES string of the molecule is COc1ccc(F)cc1[C@H](Cn1c(=O)n(CC(=O)NC(C)C)c(=O)c2c(C)c(-n3nccn3)sc21)OC(C)C. The number of hydrogen-bond acceptors (Lipinski definition) is 8. The Labute approximate surface area is 227 Å². The van der Waals surface area contributed by atoms with Gasteiger partial charge in [-0.25, -0.2) is 9.18 Å². The van der Waals surface area contributed by atoms with Gasteiger partial charge in [-0.3, -0.25) is 18.7 Å². The van der Waals surface area contributed by atoms with Crippen LogP contribution in [0.1, 0.15) is 44.9 Å². The lowest BCUT2D eigenvalue weighted by Gasteiger charge is -2.24. The number of fused-ring (bicyclic) bond motifs is 1. The zero-order valence-electron chi connectivity index (χ0n) is 22.6. The van der Waals surface area contributed by atoms with Crippen LogP contribution < -0.4 is 21.3 Å². The first-order chi connectivity index (χ1) is 18.5. The fraction of sp³-hybridized carbons (Fsp3) is 0.423. The lowest BCUT2D eigenvalue weighted by molar-refractivity contribution is -0.122. The van der Waals surface area contributed by atoms with Crippen LogP contribution in [0.5, 0.6) is 5.75 Å². The highest BCUT2D eigenvalue weighted by atomic mass is 32.1. The van der Waals surface area contributed by atoms with Gasteiger partial charge in [-0.1, -0.05) is 11.3 Å². The number of ether oxygens (including phenoxy) is 2. The molecule has 1 atom stereocenters. The van der Waals surface area contributed by atoms with Gasteiger partial charge in [0.05, 0.1) is 37.5 Å². The van der Waals surface area contributed by atoms with Crippen LogP contribution in [0, 0.1) is 12.7 Å². The summed E-state index contributed by atoms with van der Waals surface area (Å²) < 4.78 is 28.3. The van der Waals surface area contributed by atoms with Crippen molar-refractivity contribution in [2.24, 2.45) is 0 Å². The van der Waals surface area contributed by atoms with Crippen LogP contribution in [-0.2, 0) is 22.6 Å². The maximum atomic E-state index is 14.3. The van der Waals surface area contributed by atoms with Crippen molar-refractivity contribution in [2.75, 3.05) is 7.11 Å². The van der Waals surface area contributed by atoms with Crippen LogP contribution in [0.2, 0.25) is 0 Å². The highest BCUT2D eigenvalue weighted by Crippen LogP contribution is 2.34. The minimum atomic E-state index is -0.819. The summed E-state index contributed by atoms with van der Waals surface area (Å²) in [7, 11) is 1.47. The zero-order valence-corrected chi connectivity index (χ0v) is 23.4. The van der Waals surface area contributed by atoms with Gasteiger partial charge in [0.2, 0.25) is 5.91 Å². The molecule has 3 heterocycles. The third kappa shape index (κ3) is 5.78. The molecule has 13 heteroatoms. The Balaban J connectivity index is 1.97. The number of hydrogen-bond donors (Lipinski definition) is 1. The highest BCUT2D eigenvalue weighted by Gasteiger charge is 2.27. The number of rotatable bonds is 10. The maximum Gasteiger partial charge on any atom is 0.332 e. The molecule has 0 fully saturated rings. The van der Waals surface area contributed by atoms with Gasteiger partial charge in [-0.05, 0) is 52.8 Å². The molecule has 0 saturated heterocycles. The van der Waals surface area contributed by atoms with Crippen LogP contribution in [0.25, 0.3) is 15.2 Å². The van der Waals surface area contributed by atoms with E-state index < -0.39 is 35.6 Å². The Morgan fingerprint density at radius 1 is 1.13 bits per heavy atom. The maximum absolute atomic E-state index is 14.3. The summed E-state index contributed by atoms with van der Waals surface area (Å²) in [5.41, 5.74) is -0.321. The summed E-state index contributed by atoms with van der Waals surface area (Å²) in [6, 6.07) is 3.90. The standard InChI is InChI=1S/C26H31FN6O5S/c1-14(2)30-21(34)13-31-23(35)22-16(5)24(33-28-9-10-29-33)39-25(22)32(26(31)36)12-20(38-15(3)4)18-11-17(27)7-8-19(18)37-6/h7-11,14-15,20H,12-13H2,1-6H3,(H,30,34)/t20-/m0/s1. The average Bonchev–Trinajstić information content (AvgIpc) is 3.51. The topological polar surface area (TPSA) is 122 Å². The molecule has 0 radical (unpaired) electrons. The van der Waals surface area contributed by atoms with E-state index in [1.165, 1.54) is 58.4 Å². The monoisotopic (exact) mass is 558 g/mol. The molecule has 0 aliphatic carbocycles. The minimum Gasteiger partial charge on any atom is -0.496 e. The number of carbonyl (C=O) groups excluding carboxylic acids is 1. The number of amides is 1. The van der Waals surface area contributed by atoms with E-state index in [4.69, 9.17) is 9.47 Å². The molecule has 4 aromatic rings. The lowest BCUT2D eigenvalue weighted by atomic mass is 10.1. The van der Waals surface area contributed by atoms with Gasteiger partial charge in [0, 0.05) is 17.2 Å². The molecular weight excluding hydrogens is 527 g/mol. The first kappa shape index (κ1) is 28.2. The average molecular weight is 559 g/mol. The first-order valence-electron chi connectivity index (χ1n) is 12.4. The third-order valence-corrected chi connectivity index (χ3v) is 7.22. The van der Waals surface area contributed by atoms with Crippen LogP contribution in [0.3, 0.4) is 0 Å². The number of benzene rings is 1. The fourth-order valence-corrected chi connectivity index (χ4v) is 5.59. The molecule has 0 bridgehead atoms. The summed E-state index contributed by atoms with van der Waals surface area (Å²) in [6.45, 7) is 8.42.